The van der Waals surface area contributed by atoms with E-state index in [1.54, 1.807) is 0 Å². The van der Waals surface area contributed by atoms with Crippen LogP contribution in [0.4, 0.5) is 0 Å². The summed E-state index contributed by atoms with van der Waals surface area (Å²) in [5.41, 5.74) is 12.1. The van der Waals surface area contributed by atoms with Crippen LogP contribution in [0.25, 0.3) is 100 Å². The first kappa shape index (κ1) is 31.9. The van der Waals surface area contributed by atoms with E-state index < -0.39 is 0 Å². The highest BCUT2D eigenvalue weighted by atomic mass is 15.3. The number of hydrogen-bond acceptors (Lipinski definition) is 3. The van der Waals surface area contributed by atoms with Gasteiger partial charge in [0.25, 0.3) is 0 Å². The van der Waals surface area contributed by atoms with Gasteiger partial charge in [0, 0.05) is 27.1 Å². The van der Waals surface area contributed by atoms with Crippen LogP contribution < -0.4 is 0 Å². The first-order valence-corrected chi connectivity index (χ1v) is 18.9. The standard InChI is InChI=1S/C51H33N5/c1-2-15-35(16-3-1)39-19-4-5-20-40(39)36-31-29-34(30-32-36)37-17-14-18-38(33-37)49-52-50(55-45-25-10-6-21-41(45)42-22-7-11-26-46(42)55)54-51(53-49)56-47-27-12-8-23-43(47)44-24-9-13-28-48(44)56/h1-33H. The molecule has 5 heteroatoms. The van der Waals surface area contributed by atoms with Crippen LogP contribution in [0.5, 0.6) is 0 Å². The Bertz CT molecular complexity index is 3010. The first-order valence-electron chi connectivity index (χ1n) is 18.9. The monoisotopic (exact) mass is 715 g/mol. The normalized spacial score (nSPS) is 11.6. The average molecular weight is 716 g/mol. The topological polar surface area (TPSA) is 48.5 Å². The van der Waals surface area contributed by atoms with Crippen molar-refractivity contribution in [1.29, 1.82) is 0 Å². The van der Waals surface area contributed by atoms with Gasteiger partial charge in [-0.2, -0.15) is 15.0 Å². The predicted molar refractivity (Wildman–Crippen MR) is 230 cm³/mol. The molecule has 8 aromatic carbocycles. The summed E-state index contributed by atoms with van der Waals surface area (Å²) >= 11 is 0. The maximum Gasteiger partial charge on any atom is 0.240 e. The molecule has 11 rings (SSSR count). The molecule has 0 spiro atoms. The van der Waals surface area contributed by atoms with Crippen LogP contribution in [0.2, 0.25) is 0 Å². The van der Waals surface area contributed by atoms with Crippen molar-refractivity contribution < 1.29 is 0 Å². The van der Waals surface area contributed by atoms with Gasteiger partial charge >= 0.3 is 0 Å². The van der Waals surface area contributed by atoms with Crippen LogP contribution in [0, 0.1) is 0 Å². The summed E-state index contributed by atoms with van der Waals surface area (Å²) in [6, 6.07) is 70.4. The van der Waals surface area contributed by atoms with E-state index in [0.29, 0.717) is 17.7 Å². The molecule has 0 saturated carbocycles. The number of nitrogens with zero attached hydrogens (tertiary/aromatic N) is 5. The molecule has 56 heavy (non-hydrogen) atoms. The number of aromatic nitrogens is 5. The van der Waals surface area contributed by atoms with E-state index in [1.807, 2.05) is 0 Å². The summed E-state index contributed by atoms with van der Waals surface area (Å²) in [5, 5.41) is 4.61. The molecule has 3 heterocycles. The molecule has 0 amide bonds. The molecule has 0 aliphatic carbocycles. The Balaban J connectivity index is 1.08. The molecule has 0 bridgehead atoms. The fourth-order valence-electron chi connectivity index (χ4n) is 8.24. The summed E-state index contributed by atoms with van der Waals surface area (Å²) < 4.78 is 4.34. The summed E-state index contributed by atoms with van der Waals surface area (Å²) in [7, 11) is 0. The molecule has 0 atom stereocenters. The molecular formula is C51H33N5. The van der Waals surface area contributed by atoms with E-state index in [0.717, 1.165) is 60.3 Å². The van der Waals surface area contributed by atoms with Gasteiger partial charge in [-0.05, 0) is 63.7 Å². The van der Waals surface area contributed by atoms with E-state index >= 15 is 0 Å². The average Bonchev–Trinajstić information content (AvgIpc) is 3.80. The van der Waals surface area contributed by atoms with Crippen molar-refractivity contribution >= 4 is 43.6 Å². The summed E-state index contributed by atoms with van der Waals surface area (Å²) in [4.78, 5) is 15.8. The highest BCUT2D eigenvalue weighted by Crippen LogP contribution is 2.36. The molecule has 11 aromatic rings. The molecule has 5 nitrogen and oxygen atoms in total. The van der Waals surface area contributed by atoms with Gasteiger partial charge in [-0.1, -0.05) is 170 Å². The lowest BCUT2D eigenvalue weighted by Crippen LogP contribution is -2.10. The van der Waals surface area contributed by atoms with Gasteiger partial charge in [0.05, 0.1) is 22.1 Å². The number of para-hydroxylation sites is 4. The van der Waals surface area contributed by atoms with Crippen molar-refractivity contribution in [1.82, 2.24) is 24.1 Å². The number of fused-ring (bicyclic) bond motifs is 6. The van der Waals surface area contributed by atoms with Gasteiger partial charge < -0.3 is 0 Å². The van der Waals surface area contributed by atoms with Crippen molar-refractivity contribution in [2.75, 3.05) is 0 Å². The lowest BCUT2D eigenvalue weighted by molar-refractivity contribution is 0.893. The van der Waals surface area contributed by atoms with Gasteiger partial charge in [-0.25, -0.2) is 0 Å². The van der Waals surface area contributed by atoms with Crippen LogP contribution in [-0.4, -0.2) is 24.1 Å². The summed E-state index contributed by atoms with van der Waals surface area (Å²) in [6.07, 6.45) is 0. The van der Waals surface area contributed by atoms with Crippen molar-refractivity contribution in [3.05, 3.63) is 200 Å². The van der Waals surface area contributed by atoms with Gasteiger partial charge in [0.15, 0.2) is 5.82 Å². The largest absolute Gasteiger partial charge is 0.278 e. The van der Waals surface area contributed by atoms with E-state index in [2.05, 4.69) is 209 Å². The fourth-order valence-corrected chi connectivity index (χ4v) is 8.24. The molecule has 0 saturated heterocycles. The van der Waals surface area contributed by atoms with Crippen molar-refractivity contribution in [2.24, 2.45) is 0 Å². The van der Waals surface area contributed by atoms with Gasteiger partial charge in [0.1, 0.15) is 0 Å². The first-order chi connectivity index (χ1) is 27.8. The quantitative estimate of drug-likeness (QED) is 0.172. The lowest BCUT2D eigenvalue weighted by Gasteiger charge is -2.13. The Kier molecular flexibility index (Phi) is 7.42. The SMILES string of the molecule is c1ccc(-c2ccccc2-c2ccc(-c3cccc(-c4nc(-n5c6ccccc6c6ccccc65)nc(-n5c6ccccc6c6ccccc65)n4)c3)cc2)cc1. The third kappa shape index (κ3) is 5.21. The van der Waals surface area contributed by atoms with Crippen LogP contribution >= 0.6 is 0 Å². The molecular weight excluding hydrogens is 683 g/mol. The van der Waals surface area contributed by atoms with Gasteiger partial charge in [-0.15, -0.1) is 0 Å². The highest BCUT2D eigenvalue weighted by Gasteiger charge is 2.20. The molecule has 0 radical (unpaired) electrons. The summed E-state index contributed by atoms with van der Waals surface area (Å²) in [5.74, 6) is 1.73. The molecule has 3 aromatic heterocycles. The van der Waals surface area contributed by atoms with Crippen LogP contribution in [0.3, 0.4) is 0 Å². The third-order valence-corrected chi connectivity index (χ3v) is 10.8. The zero-order valence-corrected chi connectivity index (χ0v) is 30.3. The Hall–Kier alpha value is -7.63. The molecule has 262 valence electrons. The Morgan fingerprint density at radius 3 is 1.14 bits per heavy atom. The smallest absolute Gasteiger partial charge is 0.240 e. The van der Waals surface area contributed by atoms with E-state index in [1.165, 1.54) is 22.3 Å². The van der Waals surface area contributed by atoms with Crippen LogP contribution in [-0.2, 0) is 0 Å². The number of benzene rings is 8. The van der Waals surface area contributed by atoms with Crippen molar-refractivity contribution in [3.8, 4) is 56.7 Å². The van der Waals surface area contributed by atoms with Gasteiger partial charge in [-0.3, -0.25) is 9.13 Å². The third-order valence-electron chi connectivity index (χ3n) is 10.8. The fraction of sp³-hybridized carbons (Fsp3) is 0. The maximum atomic E-state index is 5.30. The van der Waals surface area contributed by atoms with Crippen molar-refractivity contribution in [2.45, 2.75) is 0 Å². The Labute approximate surface area is 323 Å². The second-order valence-electron chi connectivity index (χ2n) is 14.1. The van der Waals surface area contributed by atoms with Crippen LogP contribution in [0.1, 0.15) is 0 Å². The minimum absolute atomic E-state index is 0.566. The van der Waals surface area contributed by atoms with E-state index in [-0.39, 0.29) is 0 Å². The van der Waals surface area contributed by atoms with Crippen LogP contribution in [0.15, 0.2) is 200 Å². The lowest BCUT2D eigenvalue weighted by atomic mass is 9.93. The predicted octanol–water partition coefficient (Wildman–Crippen LogP) is 12.7. The van der Waals surface area contributed by atoms with E-state index in [4.69, 9.17) is 15.0 Å². The minimum Gasteiger partial charge on any atom is -0.278 e. The maximum absolute atomic E-state index is 5.30. The zero-order chi connectivity index (χ0) is 37.0. The second-order valence-corrected chi connectivity index (χ2v) is 14.1. The minimum atomic E-state index is 0.566. The highest BCUT2D eigenvalue weighted by molar-refractivity contribution is 6.10. The van der Waals surface area contributed by atoms with Crippen molar-refractivity contribution in [3.63, 3.8) is 0 Å². The van der Waals surface area contributed by atoms with Gasteiger partial charge in [0.2, 0.25) is 11.9 Å². The number of hydrogen-bond donors (Lipinski definition) is 0. The molecule has 0 unspecified atom stereocenters. The molecule has 0 fully saturated rings. The molecule has 0 aliphatic rings. The Morgan fingerprint density at radius 1 is 0.268 bits per heavy atom. The Morgan fingerprint density at radius 2 is 0.643 bits per heavy atom. The van der Waals surface area contributed by atoms with E-state index in [9.17, 15) is 0 Å². The second kappa shape index (κ2) is 13.0. The summed E-state index contributed by atoms with van der Waals surface area (Å²) in [6.45, 7) is 0. The molecule has 0 N–H and O–H groups in total. The molecule has 0 aliphatic heterocycles. The zero-order valence-electron chi connectivity index (χ0n) is 30.3. The number of rotatable bonds is 6.